The van der Waals surface area contributed by atoms with Crippen molar-refractivity contribution in [3.63, 3.8) is 0 Å². The SMILES string of the molecule is CC(C)CNC(=O)N1CCCC(C(=O)N(C)CCn2cccn2)C1. The molecule has 0 aromatic carbocycles. The number of amides is 3. The molecule has 2 rings (SSSR count). The van der Waals surface area contributed by atoms with Gasteiger partial charge in [-0.2, -0.15) is 5.10 Å². The smallest absolute Gasteiger partial charge is 0.317 e. The van der Waals surface area contributed by atoms with E-state index in [1.54, 1.807) is 16.0 Å². The van der Waals surface area contributed by atoms with Crippen LogP contribution >= 0.6 is 0 Å². The number of piperidine rings is 1. The number of hydrogen-bond acceptors (Lipinski definition) is 3. The van der Waals surface area contributed by atoms with Crippen LogP contribution in [0.25, 0.3) is 0 Å². The van der Waals surface area contributed by atoms with E-state index in [9.17, 15) is 9.59 Å². The summed E-state index contributed by atoms with van der Waals surface area (Å²) >= 11 is 0. The number of likely N-dealkylation sites (tertiary alicyclic amines) is 1. The molecule has 24 heavy (non-hydrogen) atoms. The van der Waals surface area contributed by atoms with Gasteiger partial charge in [0.15, 0.2) is 0 Å². The first-order valence-electron chi connectivity index (χ1n) is 8.72. The molecule has 1 aliphatic heterocycles. The Hall–Kier alpha value is -2.05. The van der Waals surface area contributed by atoms with Crippen LogP contribution in [0.15, 0.2) is 18.5 Å². The Bertz CT molecular complexity index is 529. The molecule has 0 bridgehead atoms. The minimum atomic E-state index is -0.105. The number of nitrogens with zero attached hydrogens (tertiary/aromatic N) is 4. The molecule has 0 spiro atoms. The second kappa shape index (κ2) is 8.70. The monoisotopic (exact) mass is 335 g/mol. The standard InChI is InChI=1S/C17H29N5O2/c1-14(2)12-18-17(24)21-8-4-6-15(13-21)16(23)20(3)10-11-22-9-5-7-19-22/h5,7,9,14-15H,4,6,8,10-13H2,1-3H3,(H,18,24). The summed E-state index contributed by atoms with van der Waals surface area (Å²) in [7, 11) is 1.82. The normalized spacial score (nSPS) is 17.8. The van der Waals surface area contributed by atoms with E-state index in [1.165, 1.54) is 0 Å². The van der Waals surface area contributed by atoms with Crippen molar-refractivity contribution in [2.24, 2.45) is 11.8 Å². The largest absolute Gasteiger partial charge is 0.344 e. The highest BCUT2D eigenvalue weighted by molar-refractivity contribution is 5.80. The van der Waals surface area contributed by atoms with Gasteiger partial charge in [-0.15, -0.1) is 0 Å². The number of likely N-dealkylation sites (N-methyl/N-ethyl adjacent to an activating group) is 1. The Kier molecular flexibility index (Phi) is 6.63. The maximum absolute atomic E-state index is 12.6. The molecule has 7 heteroatoms. The highest BCUT2D eigenvalue weighted by atomic mass is 16.2. The molecule has 1 fully saturated rings. The molecule has 2 heterocycles. The van der Waals surface area contributed by atoms with Crippen molar-refractivity contribution in [2.75, 3.05) is 33.2 Å². The molecule has 0 radical (unpaired) electrons. The lowest BCUT2D eigenvalue weighted by Gasteiger charge is -2.34. The minimum Gasteiger partial charge on any atom is -0.344 e. The Labute approximate surface area is 144 Å². The Morgan fingerprint density at radius 3 is 2.88 bits per heavy atom. The molecule has 1 aromatic heterocycles. The van der Waals surface area contributed by atoms with Crippen LogP contribution in [0.4, 0.5) is 4.79 Å². The molecular formula is C17H29N5O2. The summed E-state index contributed by atoms with van der Waals surface area (Å²) in [6.45, 7) is 7.34. The van der Waals surface area contributed by atoms with Gasteiger partial charge >= 0.3 is 6.03 Å². The highest BCUT2D eigenvalue weighted by Gasteiger charge is 2.30. The summed E-state index contributed by atoms with van der Waals surface area (Å²) in [6.07, 6.45) is 5.34. The van der Waals surface area contributed by atoms with E-state index in [1.807, 2.05) is 24.0 Å². The van der Waals surface area contributed by atoms with Gasteiger partial charge in [-0.05, 0) is 24.8 Å². The summed E-state index contributed by atoms with van der Waals surface area (Å²) < 4.78 is 1.82. The first kappa shape index (κ1) is 18.3. The van der Waals surface area contributed by atoms with Crippen LogP contribution < -0.4 is 5.32 Å². The third kappa shape index (κ3) is 5.25. The number of nitrogens with one attached hydrogen (secondary N) is 1. The number of carbonyl (C=O) groups is 2. The van der Waals surface area contributed by atoms with Gasteiger partial charge in [0.1, 0.15) is 0 Å². The molecule has 1 unspecified atom stereocenters. The molecule has 134 valence electrons. The van der Waals surface area contributed by atoms with Crippen LogP contribution in [-0.2, 0) is 11.3 Å². The minimum absolute atomic E-state index is 0.0552. The lowest BCUT2D eigenvalue weighted by molar-refractivity contribution is -0.135. The van der Waals surface area contributed by atoms with Gasteiger partial charge in [0.25, 0.3) is 0 Å². The number of urea groups is 1. The van der Waals surface area contributed by atoms with E-state index in [2.05, 4.69) is 24.3 Å². The Morgan fingerprint density at radius 2 is 2.21 bits per heavy atom. The fraction of sp³-hybridized carbons (Fsp3) is 0.706. The Balaban J connectivity index is 1.81. The van der Waals surface area contributed by atoms with Crippen molar-refractivity contribution >= 4 is 11.9 Å². The first-order chi connectivity index (χ1) is 11.5. The molecule has 1 atom stereocenters. The molecule has 3 amide bonds. The van der Waals surface area contributed by atoms with Crippen LogP contribution in [0, 0.1) is 11.8 Å². The second-order valence-corrected chi connectivity index (χ2v) is 6.89. The van der Waals surface area contributed by atoms with Crippen molar-refractivity contribution in [3.05, 3.63) is 18.5 Å². The van der Waals surface area contributed by atoms with Crippen LogP contribution in [0.2, 0.25) is 0 Å². The predicted molar refractivity (Wildman–Crippen MR) is 92.4 cm³/mol. The van der Waals surface area contributed by atoms with E-state index >= 15 is 0 Å². The van der Waals surface area contributed by atoms with E-state index in [0.717, 1.165) is 19.4 Å². The molecule has 0 aliphatic carbocycles. The first-order valence-corrected chi connectivity index (χ1v) is 8.72. The van der Waals surface area contributed by atoms with E-state index in [-0.39, 0.29) is 17.9 Å². The van der Waals surface area contributed by atoms with E-state index in [4.69, 9.17) is 0 Å². The number of hydrogen-bond donors (Lipinski definition) is 1. The van der Waals surface area contributed by atoms with Crippen LogP contribution in [0.3, 0.4) is 0 Å². The molecule has 7 nitrogen and oxygen atoms in total. The summed E-state index contributed by atoms with van der Waals surface area (Å²) in [5.74, 6) is 0.430. The lowest BCUT2D eigenvalue weighted by atomic mass is 9.97. The van der Waals surface area contributed by atoms with Crippen molar-refractivity contribution in [1.82, 2.24) is 24.9 Å². The van der Waals surface area contributed by atoms with Gasteiger partial charge in [-0.3, -0.25) is 9.48 Å². The fourth-order valence-electron chi connectivity index (χ4n) is 2.87. The summed E-state index contributed by atoms with van der Waals surface area (Å²) in [5, 5.41) is 7.08. The average molecular weight is 335 g/mol. The number of rotatable bonds is 6. The van der Waals surface area contributed by atoms with Crippen molar-refractivity contribution < 1.29 is 9.59 Å². The van der Waals surface area contributed by atoms with Gasteiger partial charge < -0.3 is 15.1 Å². The van der Waals surface area contributed by atoms with Crippen molar-refractivity contribution in [2.45, 2.75) is 33.2 Å². The quantitative estimate of drug-likeness (QED) is 0.855. The highest BCUT2D eigenvalue weighted by Crippen LogP contribution is 2.18. The van der Waals surface area contributed by atoms with Crippen molar-refractivity contribution in [1.29, 1.82) is 0 Å². The van der Waals surface area contributed by atoms with Gasteiger partial charge in [-0.1, -0.05) is 13.8 Å². The molecule has 1 N–H and O–H groups in total. The van der Waals surface area contributed by atoms with Gasteiger partial charge in [0.05, 0.1) is 12.5 Å². The number of aromatic nitrogens is 2. The fourth-order valence-corrected chi connectivity index (χ4v) is 2.87. The average Bonchev–Trinajstić information content (AvgIpc) is 3.10. The Morgan fingerprint density at radius 1 is 1.42 bits per heavy atom. The topological polar surface area (TPSA) is 70.5 Å². The lowest BCUT2D eigenvalue weighted by Crippen LogP contribution is -2.49. The third-order valence-electron chi connectivity index (χ3n) is 4.32. The van der Waals surface area contributed by atoms with Crippen LogP contribution in [-0.4, -0.2) is 64.7 Å². The zero-order chi connectivity index (χ0) is 17.5. The van der Waals surface area contributed by atoms with Crippen LogP contribution in [0.5, 0.6) is 0 Å². The maximum Gasteiger partial charge on any atom is 0.317 e. The zero-order valence-corrected chi connectivity index (χ0v) is 14.9. The van der Waals surface area contributed by atoms with E-state index < -0.39 is 0 Å². The second-order valence-electron chi connectivity index (χ2n) is 6.89. The maximum atomic E-state index is 12.6. The van der Waals surface area contributed by atoms with Gasteiger partial charge in [-0.25, -0.2) is 4.79 Å². The van der Waals surface area contributed by atoms with Crippen LogP contribution in [0.1, 0.15) is 26.7 Å². The molecule has 1 saturated heterocycles. The number of carbonyl (C=O) groups excluding carboxylic acids is 2. The van der Waals surface area contributed by atoms with Crippen molar-refractivity contribution in [3.8, 4) is 0 Å². The predicted octanol–water partition coefficient (Wildman–Crippen LogP) is 1.42. The van der Waals surface area contributed by atoms with Gasteiger partial charge in [0.2, 0.25) is 5.91 Å². The summed E-state index contributed by atoms with van der Waals surface area (Å²) in [4.78, 5) is 28.4. The molecule has 0 saturated carbocycles. The van der Waals surface area contributed by atoms with E-state index in [0.29, 0.717) is 32.1 Å². The molecule has 1 aromatic rings. The molecule has 1 aliphatic rings. The summed E-state index contributed by atoms with van der Waals surface area (Å²) in [5.41, 5.74) is 0. The zero-order valence-electron chi connectivity index (χ0n) is 14.9. The van der Waals surface area contributed by atoms with Gasteiger partial charge in [0, 0.05) is 45.6 Å². The third-order valence-corrected chi connectivity index (χ3v) is 4.32. The summed E-state index contributed by atoms with van der Waals surface area (Å²) in [6, 6.07) is 1.82. The molecular weight excluding hydrogens is 306 g/mol.